The zero-order valence-electron chi connectivity index (χ0n) is 16.9. The van der Waals surface area contributed by atoms with Gasteiger partial charge in [-0.2, -0.15) is 4.31 Å². The number of benzene rings is 2. The van der Waals surface area contributed by atoms with Crippen LogP contribution in [-0.4, -0.2) is 38.3 Å². The van der Waals surface area contributed by atoms with Crippen LogP contribution in [0.5, 0.6) is 5.75 Å². The number of amides is 1. The summed E-state index contributed by atoms with van der Waals surface area (Å²) in [5.74, 6) is 0.479. The van der Waals surface area contributed by atoms with Gasteiger partial charge in [-0.3, -0.25) is 4.79 Å². The Kier molecular flexibility index (Phi) is 6.92. The van der Waals surface area contributed by atoms with Crippen LogP contribution in [0.1, 0.15) is 30.9 Å². The number of rotatable bonds is 7. The van der Waals surface area contributed by atoms with Gasteiger partial charge in [-0.1, -0.05) is 24.3 Å². The van der Waals surface area contributed by atoms with E-state index in [9.17, 15) is 13.2 Å². The van der Waals surface area contributed by atoms with Gasteiger partial charge >= 0.3 is 0 Å². The highest BCUT2D eigenvalue weighted by atomic mass is 32.2. The summed E-state index contributed by atoms with van der Waals surface area (Å²) in [6.45, 7) is 5.62. The molecular formula is C22H28N2O4S. The van der Waals surface area contributed by atoms with Crippen LogP contribution in [0.2, 0.25) is 0 Å². The molecule has 1 aliphatic rings. The molecule has 1 N–H and O–H groups in total. The predicted octanol–water partition coefficient (Wildman–Crippen LogP) is 3.11. The summed E-state index contributed by atoms with van der Waals surface area (Å²) in [6.07, 6.45) is 1.05. The van der Waals surface area contributed by atoms with Crippen LogP contribution < -0.4 is 10.1 Å². The Morgan fingerprint density at radius 2 is 1.76 bits per heavy atom. The van der Waals surface area contributed by atoms with Crippen LogP contribution in [-0.2, 0) is 21.4 Å². The van der Waals surface area contributed by atoms with Crippen molar-refractivity contribution in [3.63, 3.8) is 0 Å². The molecule has 1 saturated heterocycles. The molecule has 0 atom stereocenters. The van der Waals surface area contributed by atoms with Gasteiger partial charge in [0, 0.05) is 25.6 Å². The Balaban J connectivity index is 1.55. The zero-order chi connectivity index (χ0) is 20.9. The van der Waals surface area contributed by atoms with E-state index in [0.29, 0.717) is 44.8 Å². The highest BCUT2D eigenvalue weighted by Crippen LogP contribution is 2.25. The fraction of sp³-hybridized carbons (Fsp3) is 0.409. The molecule has 1 heterocycles. The molecule has 0 saturated carbocycles. The second kappa shape index (κ2) is 9.41. The van der Waals surface area contributed by atoms with Crippen molar-refractivity contribution in [3.05, 3.63) is 59.7 Å². The lowest BCUT2D eigenvalue weighted by Gasteiger charge is -2.30. The van der Waals surface area contributed by atoms with Crippen molar-refractivity contribution in [1.82, 2.24) is 9.62 Å². The molecule has 1 fully saturated rings. The molecule has 0 aromatic heterocycles. The summed E-state index contributed by atoms with van der Waals surface area (Å²) in [5.41, 5.74) is 2.24. The van der Waals surface area contributed by atoms with E-state index in [0.717, 1.165) is 11.1 Å². The summed E-state index contributed by atoms with van der Waals surface area (Å²) in [6, 6.07) is 14.4. The molecule has 1 aliphatic heterocycles. The van der Waals surface area contributed by atoms with Crippen molar-refractivity contribution < 1.29 is 17.9 Å². The number of piperidine rings is 1. The highest BCUT2D eigenvalue weighted by molar-refractivity contribution is 7.89. The quantitative estimate of drug-likeness (QED) is 0.753. The predicted molar refractivity (Wildman–Crippen MR) is 112 cm³/mol. The molecule has 29 heavy (non-hydrogen) atoms. The van der Waals surface area contributed by atoms with Crippen molar-refractivity contribution in [1.29, 1.82) is 0 Å². The van der Waals surface area contributed by atoms with Gasteiger partial charge in [0.1, 0.15) is 5.75 Å². The van der Waals surface area contributed by atoms with E-state index < -0.39 is 10.0 Å². The monoisotopic (exact) mass is 416 g/mol. The van der Waals surface area contributed by atoms with Gasteiger partial charge in [0.25, 0.3) is 0 Å². The zero-order valence-corrected chi connectivity index (χ0v) is 17.7. The molecule has 0 aliphatic carbocycles. The van der Waals surface area contributed by atoms with E-state index in [1.54, 1.807) is 24.3 Å². The van der Waals surface area contributed by atoms with E-state index in [2.05, 4.69) is 5.32 Å². The first-order valence-corrected chi connectivity index (χ1v) is 11.4. The van der Waals surface area contributed by atoms with Gasteiger partial charge in [-0.15, -0.1) is 0 Å². The number of carbonyl (C=O) groups is 1. The second-order valence-electron chi connectivity index (χ2n) is 7.23. The Bertz CT molecular complexity index is 934. The average Bonchev–Trinajstić information content (AvgIpc) is 2.74. The molecule has 1 amide bonds. The maximum atomic E-state index is 12.9. The first kappa shape index (κ1) is 21.3. The maximum absolute atomic E-state index is 12.9. The standard InChI is InChI=1S/C22H28N2O4S/c1-3-28-20-8-10-21(11-9-20)29(26,27)24-14-12-18(13-15-24)22(25)23-16-19-7-5-4-6-17(19)2/h4-11,18H,3,12-16H2,1-2H3,(H,23,25). The topological polar surface area (TPSA) is 75.7 Å². The Morgan fingerprint density at radius 3 is 2.38 bits per heavy atom. The summed E-state index contributed by atoms with van der Waals surface area (Å²) in [5, 5.41) is 2.99. The van der Waals surface area contributed by atoms with Crippen molar-refractivity contribution >= 4 is 15.9 Å². The van der Waals surface area contributed by atoms with Gasteiger partial charge in [0.2, 0.25) is 15.9 Å². The van der Waals surface area contributed by atoms with E-state index >= 15 is 0 Å². The fourth-order valence-corrected chi connectivity index (χ4v) is 4.99. The van der Waals surface area contributed by atoms with Crippen molar-refractivity contribution in [2.45, 2.75) is 38.1 Å². The summed E-state index contributed by atoms with van der Waals surface area (Å²) in [4.78, 5) is 12.8. The third-order valence-electron chi connectivity index (χ3n) is 5.31. The van der Waals surface area contributed by atoms with Crippen LogP contribution in [0.3, 0.4) is 0 Å². The number of hydrogen-bond acceptors (Lipinski definition) is 4. The molecule has 0 unspecified atom stereocenters. The van der Waals surface area contributed by atoms with Crippen molar-refractivity contribution in [2.24, 2.45) is 5.92 Å². The molecule has 0 spiro atoms. The number of sulfonamides is 1. The van der Waals surface area contributed by atoms with Gasteiger partial charge in [0.05, 0.1) is 11.5 Å². The lowest BCUT2D eigenvalue weighted by Crippen LogP contribution is -2.42. The van der Waals surface area contributed by atoms with Crippen molar-refractivity contribution in [3.8, 4) is 5.75 Å². The van der Waals surface area contributed by atoms with Gasteiger partial charge < -0.3 is 10.1 Å². The number of aryl methyl sites for hydroxylation is 1. The third-order valence-corrected chi connectivity index (χ3v) is 7.22. The molecule has 156 valence electrons. The Hall–Kier alpha value is -2.38. The largest absolute Gasteiger partial charge is 0.494 e. The minimum atomic E-state index is -3.56. The Labute approximate surface area is 172 Å². The summed E-state index contributed by atoms with van der Waals surface area (Å²) in [7, 11) is -3.56. The van der Waals surface area contributed by atoms with Gasteiger partial charge in [-0.25, -0.2) is 8.42 Å². The average molecular weight is 417 g/mol. The number of nitrogens with one attached hydrogen (secondary N) is 1. The number of carbonyl (C=O) groups excluding carboxylic acids is 1. The van der Waals surface area contributed by atoms with Crippen molar-refractivity contribution in [2.75, 3.05) is 19.7 Å². The van der Waals surface area contributed by atoms with Crippen LogP contribution in [0.25, 0.3) is 0 Å². The normalized spacial score (nSPS) is 15.8. The third kappa shape index (κ3) is 5.16. The minimum Gasteiger partial charge on any atom is -0.494 e. The number of nitrogens with zero attached hydrogens (tertiary/aromatic N) is 1. The highest BCUT2D eigenvalue weighted by Gasteiger charge is 2.32. The molecule has 7 heteroatoms. The van der Waals surface area contributed by atoms with E-state index in [1.165, 1.54) is 4.31 Å². The smallest absolute Gasteiger partial charge is 0.243 e. The molecule has 2 aromatic carbocycles. The number of hydrogen-bond donors (Lipinski definition) is 1. The maximum Gasteiger partial charge on any atom is 0.243 e. The van der Waals surface area contributed by atoms with Crippen LogP contribution >= 0.6 is 0 Å². The molecule has 0 bridgehead atoms. The lowest BCUT2D eigenvalue weighted by molar-refractivity contribution is -0.126. The number of ether oxygens (including phenoxy) is 1. The van der Waals surface area contributed by atoms with E-state index in [1.807, 2.05) is 38.1 Å². The molecule has 2 aromatic rings. The lowest BCUT2D eigenvalue weighted by atomic mass is 9.97. The van der Waals surface area contributed by atoms with Crippen LogP contribution in [0, 0.1) is 12.8 Å². The SMILES string of the molecule is CCOc1ccc(S(=O)(=O)N2CCC(C(=O)NCc3ccccc3C)CC2)cc1. The summed E-state index contributed by atoms with van der Waals surface area (Å²) >= 11 is 0. The molecule has 6 nitrogen and oxygen atoms in total. The Morgan fingerprint density at radius 1 is 1.10 bits per heavy atom. The first-order chi connectivity index (χ1) is 13.9. The van der Waals surface area contributed by atoms with Gasteiger partial charge in [-0.05, 0) is 62.1 Å². The van der Waals surface area contributed by atoms with Crippen LogP contribution in [0.15, 0.2) is 53.4 Å². The molecule has 3 rings (SSSR count). The fourth-order valence-electron chi connectivity index (χ4n) is 3.52. The van der Waals surface area contributed by atoms with Crippen LogP contribution in [0.4, 0.5) is 0 Å². The van der Waals surface area contributed by atoms with Gasteiger partial charge in [0.15, 0.2) is 0 Å². The van der Waals surface area contributed by atoms with E-state index in [4.69, 9.17) is 4.74 Å². The molecule has 0 radical (unpaired) electrons. The second-order valence-corrected chi connectivity index (χ2v) is 9.17. The molecular weight excluding hydrogens is 388 g/mol. The first-order valence-electron chi connectivity index (χ1n) is 9.97. The summed E-state index contributed by atoms with van der Waals surface area (Å²) < 4.78 is 32.6. The van der Waals surface area contributed by atoms with E-state index in [-0.39, 0.29) is 16.7 Å². The minimum absolute atomic E-state index is 0.00799.